The van der Waals surface area contributed by atoms with E-state index in [-0.39, 0.29) is 13.1 Å². The number of esters is 1. The van der Waals surface area contributed by atoms with Gasteiger partial charge in [0.2, 0.25) is 0 Å². The number of likely N-dealkylation sites (tertiary alicyclic amines) is 1. The maximum Gasteiger partial charge on any atom is 0.310 e. The van der Waals surface area contributed by atoms with E-state index in [0.29, 0.717) is 12.6 Å². The molecule has 1 aliphatic rings. The molecule has 0 saturated carbocycles. The van der Waals surface area contributed by atoms with Gasteiger partial charge in [0.15, 0.2) is 17.5 Å². The molecule has 0 spiro atoms. The topological polar surface area (TPSA) is 29.5 Å². The van der Waals surface area contributed by atoms with Gasteiger partial charge in [0, 0.05) is 36.7 Å². The molecule has 1 heterocycles. The maximum absolute atomic E-state index is 14.5. The molecule has 7 heteroatoms. The third-order valence-electron chi connectivity index (χ3n) is 5.18. The quantitative estimate of drug-likeness (QED) is 0.349. The second-order valence-electron chi connectivity index (χ2n) is 6.99. The molecule has 0 bridgehead atoms. The summed E-state index contributed by atoms with van der Waals surface area (Å²) in [5.41, 5.74) is -1.09. The van der Waals surface area contributed by atoms with Gasteiger partial charge in [0.1, 0.15) is 5.82 Å². The Morgan fingerprint density at radius 3 is 2.44 bits per heavy atom. The molecule has 3 rings (SSSR count). The first-order valence-electron chi connectivity index (χ1n) is 8.45. The molecule has 2 aromatic rings. The second-order valence-corrected chi connectivity index (χ2v) is 6.99. The van der Waals surface area contributed by atoms with Gasteiger partial charge >= 0.3 is 5.97 Å². The summed E-state index contributed by atoms with van der Waals surface area (Å²) in [4.78, 5) is 14.2. The Labute approximate surface area is 154 Å². The molecule has 2 unspecified atom stereocenters. The van der Waals surface area contributed by atoms with Crippen LogP contribution in [0.4, 0.5) is 17.6 Å². The van der Waals surface area contributed by atoms with Crippen LogP contribution in [0.3, 0.4) is 0 Å². The van der Waals surface area contributed by atoms with Crippen LogP contribution in [0.5, 0.6) is 0 Å². The highest BCUT2D eigenvalue weighted by Gasteiger charge is 2.51. The smallest absolute Gasteiger partial charge is 0.310 e. The summed E-state index contributed by atoms with van der Waals surface area (Å²) in [6.07, 6.45) is 0. The van der Waals surface area contributed by atoms with E-state index in [1.807, 2.05) is 35.2 Å². The molecule has 0 aliphatic carbocycles. The summed E-state index contributed by atoms with van der Waals surface area (Å²) >= 11 is 0. The molecular weight excluding hydrogens is 362 g/mol. The largest absolute Gasteiger partial charge is 0.469 e. The van der Waals surface area contributed by atoms with Gasteiger partial charge in [-0.3, -0.25) is 9.69 Å². The van der Waals surface area contributed by atoms with Crippen molar-refractivity contribution in [1.82, 2.24) is 4.90 Å². The van der Waals surface area contributed by atoms with E-state index >= 15 is 0 Å². The van der Waals surface area contributed by atoms with Gasteiger partial charge in [0.25, 0.3) is 0 Å². The lowest BCUT2D eigenvalue weighted by Crippen LogP contribution is -2.39. The first-order chi connectivity index (χ1) is 12.8. The zero-order valence-corrected chi connectivity index (χ0v) is 14.9. The Bertz CT molecular complexity index is 859. The summed E-state index contributed by atoms with van der Waals surface area (Å²) in [6, 6.07) is 9.67. The predicted octanol–water partition coefficient (Wildman–Crippen LogP) is 3.81. The number of carbonyl (C=O) groups is 1. The molecule has 1 fully saturated rings. The van der Waals surface area contributed by atoms with Crippen LogP contribution in [0.2, 0.25) is 0 Å². The highest BCUT2D eigenvalue weighted by molar-refractivity contribution is 5.75. The number of hydrogen-bond donors (Lipinski definition) is 0. The Balaban J connectivity index is 2.03. The Morgan fingerprint density at radius 1 is 1.15 bits per heavy atom. The molecule has 0 N–H and O–H groups in total. The number of halogens is 4. The fourth-order valence-corrected chi connectivity index (χ4v) is 3.88. The molecule has 2 aromatic carbocycles. The number of carbonyl (C=O) groups excluding carboxylic acids is 1. The van der Waals surface area contributed by atoms with Crippen LogP contribution in [0.1, 0.15) is 18.1 Å². The minimum absolute atomic E-state index is 0.0839. The summed E-state index contributed by atoms with van der Waals surface area (Å²) < 4.78 is 60.9. The lowest BCUT2D eigenvalue weighted by atomic mass is 9.73. The summed E-state index contributed by atoms with van der Waals surface area (Å²) in [7, 11) is 1.18. The zero-order valence-electron chi connectivity index (χ0n) is 14.9. The fraction of sp³-hybridized carbons (Fsp3) is 0.350. The molecule has 2 atom stereocenters. The van der Waals surface area contributed by atoms with Crippen LogP contribution in [-0.4, -0.2) is 31.1 Å². The van der Waals surface area contributed by atoms with E-state index in [0.717, 1.165) is 5.56 Å². The van der Waals surface area contributed by atoms with Gasteiger partial charge in [-0.1, -0.05) is 37.3 Å². The normalized spacial score (nSPS) is 22.8. The third-order valence-corrected chi connectivity index (χ3v) is 5.18. The lowest BCUT2D eigenvalue weighted by molar-refractivity contribution is -0.146. The molecule has 27 heavy (non-hydrogen) atoms. The Hall–Kier alpha value is -2.41. The van der Waals surface area contributed by atoms with E-state index in [1.165, 1.54) is 14.0 Å². The average Bonchev–Trinajstić information content (AvgIpc) is 2.96. The third kappa shape index (κ3) is 3.43. The van der Waals surface area contributed by atoms with Crippen molar-refractivity contribution in [3.63, 3.8) is 0 Å². The molecule has 1 aliphatic heterocycles. The first-order valence-corrected chi connectivity index (χ1v) is 8.45. The van der Waals surface area contributed by atoms with Gasteiger partial charge < -0.3 is 4.74 Å². The first kappa shape index (κ1) is 19.4. The molecule has 0 aromatic heterocycles. The van der Waals surface area contributed by atoms with Crippen LogP contribution in [-0.2, 0) is 21.5 Å². The average molecular weight is 381 g/mol. The van der Waals surface area contributed by atoms with E-state index in [1.54, 1.807) is 0 Å². The van der Waals surface area contributed by atoms with Crippen LogP contribution >= 0.6 is 0 Å². The summed E-state index contributed by atoms with van der Waals surface area (Å²) in [6.45, 7) is 2.17. The number of nitrogens with zero attached hydrogens (tertiary/aromatic N) is 1. The monoisotopic (exact) mass is 381 g/mol. The molecule has 3 nitrogen and oxygen atoms in total. The highest BCUT2D eigenvalue weighted by Crippen LogP contribution is 2.43. The van der Waals surface area contributed by atoms with Crippen LogP contribution in [0, 0.1) is 29.2 Å². The van der Waals surface area contributed by atoms with Crippen molar-refractivity contribution < 1.29 is 27.1 Å². The van der Waals surface area contributed by atoms with E-state index in [4.69, 9.17) is 4.74 Å². The predicted molar refractivity (Wildman–Crippen MR) is 90.9 cm³/mol. The van der Waals surface area contributed by atoms with Gasteiger partial charge in [-0.2, -0.15) is 0 Å². The van der Waals surface area contributed by atoms with Crippen molar-refractivity contribution in [2.75, 3.05) is 20.2 Å². The highest BCUT2D eigenvalue weighted by atomic mass is 19.2. The molecule has 0 radical (unpaired) electrons. The number of hydrogen-bond acceptors (Lipinski definition) is 3. The van der Waals surface area contributed by atoms with Gasteiger partial charge in [-0.25, -0.2) is 17.6 Å². The van der Waals surface area contributed by atoms with Crippen molar-refractivity contribution in [2.24, 2.45) is 5.92 Å². The van der Waals surface area contributed by atoms with Gasteiger partial charge in [0.05, 0.1) is 13.0 Å². The SMILES string of the molecule is COC(=O)C1CN(Cc2ccccc2)CC1(C)c1c(F)cc(F)c(F)c1F. The summed E-state index contributed by atoms with van der Waals surface area (Å²) in [5.74, 6) is -7.77. The number of methoxy groups -OCH3 is 1. The number of benzene rings is 2. The summed E-state index contributed by atoms with van der Waals surface area (Å²) in [5, 5.41) is 0. The minimum atomic E-state index is -1.75. The molecular formula is C20H19F4NO2. The molecule has 0 amide bonds. The van der Waals surface area contributed by atoms with Gasteiger partial charge in [-0.05, 0) is 5.56 Å². The minimum Gasteiger partial charge on any atom is -0.469 e. The van der Waals surface area contributed by atoms with E-state index in [9.17, 15) is 22.4 Å². The zero-order chi connectivity index (χ0) is 19.8. The standard InChI is InChI=1S/C20H19F4NO2/c1-20(16-14(21)8-15(22)17(23)18(16)24)11-25(10-13(20)19(26)27-2)9-12-6-4-3-5-7-12/h3-8,13H,9-11H2,1-2H3. The van der Waals surface area contributed by atoms with Crippen molar-refractivity contribution >= 4 is 5.97 Å². The Morgan fingerprint density at radius 2 is 1.81 bits per heavy atom. The fourth-order valence-electron chi connectivity index (χ4n) is 3.88. The van der Waals surface area contributed by atoms with Crippen LogP contribution in [0.25, 0.3) is 0 Å². The second kappa shape index (κ2) is 7.31. The van der Waals surface area contributed by atoms with Crippen molar-refractivity contribution in [2.45, 2.75) is 18.9 Å². The number of rotatable bonds is 4. The van der Waals surface area contributed by atoms with Crippen LogP contribution in [0.15, 0.2) is 36.4 Å². The van der Waals surface area contributed by atoms with Crippen molar-refractivity contribution in [1.29, 1.82) is 0 Å². The molecule has 1 saturated heterocycles. The van der Waals surface area contributed by atoms with E-state index in [2.05, 4.69) is 0 Å². The van der Waals surface area contributed by atoms with Crippen molar-refractivity contribution in [3.8, 4) is 0 Å². The number of ether oxygens (including phenoxy) is 1. The van der Waals surface area contributed by atoms with Crippen molar-refractivity contribution in [3.05, 3.63) is 70.8 Å². The Kier molecular flexibility index (Phi) is 5.24. The van der Waals surface area contributed by atoms with Gasteiger partial charge in [-0.15, -0.1) is 0 Å². The van der Waals surface area contributed by atoms with E-state index < -0.39 is 46.1 Å². The maximum atomic E-state index is 14.5. The molecule has 144 valence electrons. The van der Waals surface area contributed by atoms with Crippen LogP contribution < -0.4 is 0 Å². The lowest BCUT2D eigenvalue weighted by Gasteiger charge is -2.30.